The zero-order valence-electron chi connectivity index (χ0n) is 18.0. The highest BCUT2D eigenvalue weighted by Crippen LogP contribution is 2.27. The highest BCUT2D eigenvalue weighted by Gasteiger charge is 2.25. The summed E-state index contributed by atoms with van der Waals surface area (Å²) in [6, 6.07) is 11.5. The number of para-hydroxylation sites is 1. The van der Waals surface area contributed by atoms with Crippen LogP contribution in [0.15, 0.2) is 42.5 Å². The molecule has 1 aliphatic rings. The number of carbonyl (C=O) groups is 1. The van der Waals surface area contributed by atoms with Crippen molar-refractivity contribution in [1.29, 1.82) is 0 Å². The minimum Gasteiger partial charge on any atom is -0.371 e. The van der Waals surface area contributed by atoms with Crippen LogP contribution in [0, 0.1) is 25.5 Å². The smallest absolute Gasteiger partial charge is 0.257 e. The minimum atomic E-state index is -0.725. The van der Waals surface area contributed by atoms with Crippen LogP contribution in [0.3, 0.4) is 0 Å². The molecule has 0 unspecified atom stereocenters. The Morgan fingerprint density at radius 2 is 1.77 bits per heavy atom. The summed E-state index contributed by atoms with van der Waals surface area (Å²) in [5.74, 6) is -1.56. The first-order valence-corrected chi connectivity index (χ1v) is 10.5. The van der Waals surface area contributed by atoms with Gasteiger partial charge in [0.05, 0.1) is 17.0 Å². The van der Waals surface area contributed by atoms with Crippen molar-refractivity contribution >= 4 is 11.6 Å². The molecule has 0 spiro atoms. The van der Waals surface area contributed by atoms with E-state index in [4.69, 9.17) is 0 Å². The van der Waals surface area contributed by atoms with Crippen LogP contribution in [0.4, 0.5) is 14.5 Å². The summed E-state index contributed by atoms with van der Waals surface area (Å²) in [6.07, 6.45) is 2.36. The number of amides is 1. The summed E-state index contributed by atoms with van der Waals surface area (Å²) in [5.41, 5.74) is 3.83. The SMILES string of the molecule is Cc1nn(-c2ccc(F)cc2F)c(C)c1C(=O)N(C)Cc1ccccc1N1CCCC1. The predicted octanol–water partition coefficient (Wildman–Crippen LogP) is 4.64. The molecule has 1 saturated heterocycles. The lowest BCUT2D eigenvalue weighted by atomic mass is 10.1. The van der Waals surface area contributed by atoms with Crippen LogP contribution in [-0.2, 0) is 6.54 Å². The number of nitrogens with zero attached hydrogens (tertiary/aromatic N) is 4. The molecule has 7 heteroatoms. The van der Waals surface area contributed by atoms with Gasteiger partial charge in [-0.1, -0.05) is 18.2 Å². The molecule has 4 rings (SSSR count). The van der Waals surface area contributed by atoms with E-state index in [2.05, 4.69) is 22.1 Å². The number of halogens is 2. The molecule has 31 heavy (non-hydrogen) atoms. The molecule has 0 aliphatic carbocycles. The van der Waals surface area contributed by atoms with Crippen molar-refractivity contribution < 1.29 is 13.6 Å². The van der Waals surface area contributed by atoms with Gasteiger partial charge in [-0.25, -0.2) is 13.5 Å². The number of hydrogen-bond acceptors (Lipinski definition) is 3. The van der Waals surface area contributed by atoms with Crippen LogP contribution in [0.2, 0.25) is 0 Å². The van der Waals surface area contributed by atoms with E-state index in [9.17, 15) is 13.6 Å². The molecule has 162 valence electrons. The first kappa shape index (κ1) is 21.0. The van der Waals surface area contributed by atoms with Gasteiger partial charge in [0.1, 0.15) is 11.5 Å². The quantitative estimate of drug-likeness (QED) is 0.599. The van der Waals surface area contributed by atoms with E-state index in [-0.39, 0.29) is 11.6 Å². The largest absolute Gasteiger partial charge is 0.371 e. The molecule has 1 aliphatic heterocycles. The van der Waals surface area contributed by atoms with Crippen molar-refractivity contribution in [2.24, 2.45) is 0 Å². The summed E-state index contributed by atoms with van der Waals surface area (Å²) in [7, 11) is 1.76. The summed E-state index contributed by atoms with van der Waals surface area (Å²) in [6.45, 7) is 5.97. The predicted molar refractivity (Wildman–Crippen MR) is 117 cm³/mol. The number of carbonyl (C=O) groups excluding carboxylic acids is 1. The van der Waals surface area contributed by atoms with Crippen LogP contribution < -0.4 is 4.90 Å². The Bertz CT molecular complexity index is 1120. The molecule has 0 saturated carbocycles. The van der Waals surface area contributed by atoms with Crippen molar-refractivity contribution in [2.75, 3.05) is 25.0 Å². The van der Waals surface area contributed by atoms with E-state index in [0.717, 1.165) is 30.4 Å². The van der Waals surface area contributed by atoms with Gasteiger partial charge in [0.15, 0.2) is 5.82 Å². The average Bonchev–Trinajstić information content (AvgIpc) is 3.36. The molecule has 3 aromatic rings. The molecule has 1 aromatic heterocycles. The fraction of sp³-hybridized carbons (Fsp3) is 0.333. The summed E-state index contributed by atoms with van der Waals surface area (Å²) in [5, 5.41) is 4.36. The molecule has 0 bridgehead atoms. The van der Waals surface area contributed by atoms with Gasteiger partial charge in [0.2, 0.25) is 0 Å². The number of benzene rings is 2. The Balaban J connectivity index is 1.61. The van der Waals surface area contributed by atoms with Gasteiger partial charge in [-0.15, -0.1) is 0 Å². The van der Waals surface area contributed by atoms with Crippen molar-refractivity contribution in [1.82, 2.24) is 14.7 Å². The van der Waals surface area contributed by atoms with Gasteiger partial charge in [-0.05, 0) is 50.5 Å². The van der Waals surface area contributed by atoms with E-state index in [0.29, 0.717) is 23.5 Å². The summed E-state index contributed by atoms with van der Waals surface area (Å²) >= 11 is 0. The molecular formula is C24H26F2N4O. The Hall–Kier alpha value is -3.22. The maximum absolute atomic E-state index is 14.3. The average molecular weight is 424 g/mol. The number of anilines is 1. The van der Waals surface area contributed by atoms with Gasteiger partial charge in [-0.3, -0.25) is 4.79 Å². The molecule has 0 N–H and O–H groups in total. The van der Waals surface area contributed by atoms with Gasteiger partial charge >= 0.3 is 0 Å². The van der Waals surface area contributed by atoms with Crippen LogP contribution in [-0.4, -0.2) is 40.7 Å². The van der Waals surface area contributed by atoms with E-state index < -0.39 is 11.6 Å². The van der Waals surface area contributed by atoms with Crippen molar-refractivity contribution in [2.45, 2.75) is 33.2 Å². The Labute approximate surface area is 180 Å². The number of hydrogen-bond donors (Lipinski definition) is 0. The number of aryl methyl sites for hydroxylation is 1. The highest BCUT2D eigenvalue weighted by molar-refractivity contribution is 5.96. The van der Waals surface area contributed by atoms with Crippen LogP contribution in [0.1, 0.15) is 40.2 Å². The molecular weight excluding hydrogens is 398 g/mol. The normalized spacial score (nSPS) is 13.6. The topological polar surface area (TPSA) is 41.4 Å². The van der Waals surface area contributed by atoms with Gasteiger partial charge in [-0.2, -0.15) is 5.10 Å². The number of aromatic nitrogens is 2. The second kappa shape index (κ2) is 8.49. The third kappa shape index (κ3) is 4.04. The van der Waals surface area contributed by atoms with Gasteiger partial charge in [0.25, 0.3) is 5.91 Å². The van der Waals surface area contributed by atoms with Crippen LogP contribution in [0.5, 0.6) is 0 Å². The van der Waals surface area contributed by atoms with Crippen LogP contribution >= 0.6 is 0 Å². The lowest BCUT2D eigenvalue weighted by molar-refractivity contribution is 0.0784. The Morgan fingerprint density at radius 3 is 2.48 bits per heavy atom. The first-order valence-electron chi connectivity index (χ1n) is 10.5. The first-order chi connectivity index (χ1) is 14.9. The third-order valence-corrected chi connectivity index (χ3v) is 5.84. The Morgan fingerprint density at radius 1 is 1.06 bits per heavy atom. The summed E-state index contributed by atoms with van der Waals surface area (Å²) < 4.78 is 29.0. The van der Waals surface area contributed by atoms with E-state index in [1.807, 2.05) is 12.1 Å². The molecule has 0 atom stereocenters. The maximum Gasteiger partial charge on any atom is 0.257 e. The fourth-order valence-corrected chi connectivity index (χ4v) is 4.27. The second-order valence-electron chi connectivity index (χ2n) is 8.04. The highest BCUT2D eigenvalue weighted by atomic mass is 19.1. The molecule has 2 heterocycles. The van der Waals surface area contributed by atoms with Crippen molar-refractivity contribution in [3.63, 3.8) is 0 Å². The van der Waals surface area contributed by atoms with E-state index >= 15 is 0 Å². The fourth-order valence-electron chi connectivity index (χ4n) is 4.27. The molecule has 1 amide bonds. The minimum absolute atomic E-state index is 0.114. The Kier molecular flexibility index (Phi) is 5.76. The molecule has 2 aromatic carbocycles. The molecule has 0 radical (unpaired) electrons. The monoisotopic (exact) mass is 424 g/mol. The lowest BCUT2D eigenvalue weighted by Gasteiger charge is -2.24. The van der Waals surface area contributed by atoms with E-state index in [1.54, 1.807) is 25.8 Å². The zero-order chi connectivity index (χ0) is 22.1. The summed E-state index contributed by atoms with van der Waals surface area (Å²) in [4.78, 5) is 17.3. The van der Waals surface area contributed by atoms with Gasteiger partial charge in [0, 0.05) is 38.4 Å². The van der Waals surface area contributed by atoms with Crippen molar-refractivity contribution in [3.05, 3.63) is 76.6 Å². The van der Waals surface area contributed by atoms with Gasteiger partial charge < -0.3 is 9.80 Å². The zero-order valence-corrected chi connectivity index (χ0v) is 18.0. The van der Waals surface area contributed by atoms with Crippen molar-refractivity contribution in [3.8, 4) is 5.69 Å². The third-order valence-electron chi connectivity index (χ3n) is 5.84. The maximum atomic E-state index is 14.3. The second-order valence-corrected chi connectivity index (χ2v) is 8.04. The number of rotatable bonds is 5. The standard InChI is InChI=1S/C24H26F2N4O/c1-16-23(17(2)30(27-16)22-11-10-19(25)14-20(22)26)24(31)28(3)15-18-8-4-5-9-21(18)29-12-6-7-13-29/h4-5,8-11,14H,6-7,12-13,15H2,1-3H3. The van der Waals surface area contributed by atoms with Crippen LogP contribution in [0.25, 0.3) is 5.69 Å². The van der Waals surface area contributed by atoms with E-state index in [1.165, 1.54) is 29.7 Å². The lowest BCUT2D eigenvalue weighted by Crippen LogP contribution is -2.28. The molecule has 5 nitrogen and oxygen atoms in total. The molecule has 1 fully saturated rings.